The van der Waals surface area contributed by atoms with Gasteiger partial charge in [-0.05, 0) is 43.1 Å². The Kier molecular flexibility index (Phi) is 4.76. The molecule has 0 aromatic heterocycles. The Labute approximate surface area is 136 Å². The molecule has 1 saturated heterocycles. The van der Waals surface area contributed by atoms with E-state index in [0.717, 1.165) is 37.1 Å². The number of nitrogens with one attached hydrogen (secondary N) is 2. The van der Waals surface area contributed by atoms with Crippen LogP contribution < -0.4 is 10.6 Å². The molecule has 1 aromatic carbocycles. The summed E-state index contributed by atoms with van der Waals surface area (Å²) in [4.78, 5) is 26.0. The van der Waals surface area contributed by atoms with E-state index in [0.29, 0.717) is 6.42 Å². The van der Waals surface area contributed by atoms with Gasteiger partial charge in [-0.3, -0.25) is 9.59 Å². The Morgan fingerprint density at radius 1 is 1.26 bits per heavy atom. The molecule has 122 valence electrons. The Hall–Kier alpha value is -2.14. The van der Waals surface area contributed by atoms with Crippen molar-refractivity contribution in [1.82, 2.24) is 15.5 Å². The van der Waals surface area contributed by atoms with Gasteiger partial charge in [0.25, 0.3) is 0 Å². The number of amides is 2. The average Bonchev–Trinajstić information content (AvgIpc) is 2.55. The van der Waals surface area contributed by atoms with Crippen molar-refractivity contribution in [3.63, 3.8) is 0 Å². The number of fused-ring (bicyclic) bond motifs is 1. The highest BCUT2D eigenvalue weighted by Crippen LogP contribution is 2.32. The van der Waals surface area contributed by atoms with Gasteiger partial charge in [0, 0.05) is 19.2 Å². The topological polar surface area (TPSA) is 61.4 Å². The van der Waals surface area contributed by atoms with E-state index >= 15 is 0 Å². The van der Waals surface area contributed by atoms with Crippen molar-refractivity contribution in [2.24, 2.45) is 0 Å². The molecule has 0 bridgehead atoms. The Bertz CT molecular complexity index is 620. The van der Waals surface area contributed by atoms with E-state index < -0.39 is 0 Å². The smallest absolute Gasteiger partial charge is 0.223 e. The van der Waals surface area contributed by atoms with Crippen LogP contribution in [0.3, 0.4) is 0 Å². The second-order valence-electron chi connectivity index (χ2n) is 6.18. The lowest BCUT2D eigenvalue weighted by atomic mass is 9.93. The molecule has 3 rings (SSSR count). The summed E-state index contributed by atoms with van der Waals surface area (Å²) in [6.07, 6.45) is 5.93. The van der Waals surface area contributed by atoms with E-state index in [4.69, 9.17) is 0 Å². The van der Waals surface area contributed by atoms with E-state index in [2.05, 4.69) is 10.6 Å². The molecule has 1 unspecified atom stereocenters. The lowest BCUT2D eigenvalue weighted by molar-refractivity contribution is -0.130. The van der Waals surface area contributed by atoms with Crippen molar-refractivity contribution in [3.8, 4) is 0 Å². The summed E-state index contributed by atoms with van der Waals surface area (Å²) in [6, 6.07) is 7.95. The fourth-order valence-electron chi connectivity index (χ4n) is 3.34. The number of rotatable bonds is 3. The van der Waals surface area contributed by atoms with Crippen LogP contribution >= 0.6 is 0 Å². The van der Waals surface area contributed by atoms with Crippen LogP contribution in [0.25, 0.3) is 6.08 Å². The van der Waals surface area contributed by atoms with Crippen molar-refractivity contribution in [1.29, 1.82) is 0 Å². The third-order valence-electron chi connectivity index (χ3n) is 4.55. The van der Waals surface area contributed by atoms with E-state index in [9.17, 15) is 9.59 Å². The van der Waals surface area contributed by atoms with Gasteiger partial charge in [0.2, 0.25) is 11.8 Å². The third-order valence-corrected chi connectivity index (χ3v) is 4.55. The van der Waals surface area contributed by atoms with Gasteiger partial charge in [-0.1, -0.05) is 24.3 Å². The van der Waals surface area contributed by atoms with Gasteiger partial charge < -0.3 is 15.5 Å². The van der Waals surface area contributed by atoms with Gasteiger partial charge in [-0.25, -0.2) is 0 Å². The van der Waals surface area contributed by atoms with Gasteiger partial charge in [0.1, 0.15) is 0 Å². The van der Waals surface area contributed by atoms with Crippen LogP contribution in [-0.2, 0) is 9.59 Å². The van der Waals surface area contributed by atoms with Crippen LogP contribution in [0.4, 0.5) is 0 Å². The van der Waals surface area contributed by atoms with Gasteiger partial charge >= 0.3 is 0 Å². The molecule has 2 N–H and O–H groups in total. The summed E-state index contributed by atoms with van der Waals surface area (Å²) in [5.41, 5.74) is 2.11. The van der Waals surface area contributed by atoms with Crippen molar-refractivity contribution >= 4 is 17.9 Å². The molecule has 1 atom stereocenters. The number of benzene rings is 1. The molecule has 0 spiro atoms. The van der Waals surface area contributed by atoms with Gasteiger partial charge in [-0.2, -0.15) is 0 Å². The number of hydrogen-bond donors (Lipinski definition) is 2. The van der Waals surface area contributed by atoms with Crippen LogP contribution in [0.5, 0.6) is 0 Å². The van der Waals surface area contributed by atoms with Crippen molar-refractivity contribution < 1.29 is 9.59 Å². The normalized spacial score (nSPS) is 20.9. The number of hydrogen-bond acceptors (Lipinski definition) is 3. The van der Waals surface area contributed by atoms with E-state index in [1.54, 1.807) is 11.1 Å². The molecule has 0 saturated carbocycles. The monoisotopic (exact) mass is 313 g/mol. The van der Waals surface area contributed by atoms with Gasteiger partial charge in [-0.15, -0.1) is 0 Å². The highest BCUT2D eigenvalue weighted by Gasteiger charge is 2.28. The molecule has 2 aliphatic rings. The van der Waals surface area contributed by atoms with Crippen LogP contribution in [0, 0.1) is 0 Å². The molecular weight excluding hydrogens is 290 g/mol. The summed E-state index contributed by atoms with van der Waals surface area (Å²) in [6.45, 7) is 3.43. The van der Waals surface area contributed by atoms with E-state index in [-0.39, 0.29) is 23.9 Å². The second kappa shape index (κ2) is 6.96. The molecule has 1 aromatic rings. The van der Waals surface area contributed by atoms with Crippen LogP contribution in [-0.4, -0.2) is 35.8 Å². The molecule has 5 nitrogen and oxygen atoms in total. The SMILES string of the molecule is CC(=O)N1C=Cc2ccccc2C1CC(=O)NC1CCNCC1. The number of carbonyl (C=O) groups is 2. The van der Waals surface area contributed by atoms with Crippen LogP contribution in [0.1, 0.15) is 43.4 Å². The molecule has 5 heteroatoms. The molecule has 0 aliphatic carbocycles. The van der Waals surface area contributed by atoms with E-state index in [1.165, 1.54) is 6.92 Å². The second-order valence-corrected chi connectivity index (χ2v) is 6.18. The molecule has 2 amide bonds. The van der Waals surface area contributed by atoms with Crippen molar-refractivity contribution in [3.05, 3.63) is 41.6 Å². The quantitative estimate of drug-likeness (QED) is 0.895. The van der Waals surface area contributed by atoms with Crippen molar-refractivity contribution in [2.45, 2.75) is 38.3 Å². The molecule has 1 fully saturated rings. The standard InChI is InChI=1S/C18H23N3O2/c1-13(22)21-11-8-14-4-2-3-5-16(14)17(21)12-18(23)20-15-6-9-19-10-7-15/h2-5,8,11,15,17,19H,6-7,9-10,12H2,1H3,(H,20,23). The first-order chi connectivity index (χ1) is 11.1. The maximum absolute atomic E-state index is 12.5. The zero-order valence-corrected chi connectivity index (χ0v) is 13.4. The Balaban J connectivity index is 1.74. The first-order valence-electron chi connectivity index (χ1n) is 8.21. The molecule has 2 heterocycles. The minimum Gasteiger partial charge on any atom is -0.353 e. The number of carbonyl (C=O) groups excluding carboxylic acids is 2. The first-order valence-corrected chi connectivity index (χ1v) is 8.21. The summed E-state index contributed by atoms with van der Waals surface area (Å²) in [5, 5.41) is 6.41. The molecule has 2 aliphatic heterocycles. The number of nitrogens with zero attached hydrogens (tertiary/aromatic N) is 1. The van der Waals surface area contributed by atoms with E-state index in [1.807, 2.05) is 30.3 Å². The third kappa shape index (κ3) is 3.62. The predicted octanol–water partition coefficient (Wildman–Crippen LogP) is 1.82. The highest BCUT2D eigenvalue weighted by molar-refractivity contribution is 5.82. The fourth-order valence-corrected chi connectivity index (χ4v) is 3.34. The Morgan fingerprint density at radius 2 is 2.00 bits per heavy atom. The van der Waals surface area contributed by atoms with Gasteiger partial charge in [0.15, 0.2) is 0 Å². The summed E-state index contributed by atoms with van der Waals surface area (Å²) < 4.78 is 0. The molecule has 0 radical (unpaired) electrons. The highest BCUT2D eigenvalue weighted by atomic mass is 16.2. The Morgan fingerprint density at radius 3 is 2.74 bits per heavy atom. The average molecular weight is 313 g/mol. The summed E-state index contributed by atoms with van der Waals surface area (Å²) in [5.74, 6) is -0.0336. The minimum absolute atomic E-state index is 0.0123. The first kappa shape index (κ1) is 15.7. The maximum Gasteiger partial charge on any atom is 0.223 e. The van der Waals surface area contributed by atoms with Gasteiger partial charge in [0.05, 0.1) is 12.5 Å². The van der Waals surface area contributed by atoms with Crippen LogP contribution in [0.15, 0.2) is 30.5 Å². The predicted molar refractivity (Wildman–Crippen MR) is 89.4 cm³/mol. The zero-order chi connectivity index (χ0) is 16.2. The lowest BCUT2D eigenvalue weighted by Crippen LogP contribution is -2.44. The van der Waals surface area contributed by atoms with Crippen LogP contribution in [0.2, 0.25) is 0 Å². The molecule has 23 heavy (non-hydrogen) atoms. The maximum atomic E-state index is 12.5. The number of piperidine rings is 1. The molecular formula is C18H23N3O2. The minimum atomic E-state index is -0.226. The van der Waals surface area contributed by atoms with Crippen molar-refractivity contribution in [2.75, 3.05) is 13.1 Å². The fraction of sp³-hybridized carbons (Fsp3) is 0.444. The lowest BCUT2D eigenvalue weighted by Gasteiger charge is -2.33. The summed E-state index contributed by atoms with van der Waals surface area (Å²) >= 11 is 0. The largest absolute Gasteiger partial charge is 0.353 e. The zero-order valence-electron chi connectivity index (χ0n) is 13.4. The summed E-state index contributed by atoms with van der Waals surface area (Å²) in [7, 11) is 0.